The Balaban J connectivity index is 1.56. The number of nitrogens with zero attached hydrogens (tertiary/aromatic N) is 3. The van der Waals surface area contributed by atoms with Gasteiger partial charge < -0.3 is 24.3 Å². The average molecular weight is 515 g/mol. The largest absolute Gasteiger partial charge is 0.496 e. The second-order valence-electron chi connectivity index (χ2n) is 9.05. The molecule has 2 aromatic heterocycles. The molecule has 0 aliphatic rings. The molecule has 8 heteroatoms. The summed E-state index contributed by atoms with van der Waals surface area (Å²) in [4.78, 5) is 37.8. The van der Waals surface area contributed by atoms with Crippen LogP contribution in [0.15, 0.2) is 79.3 Å². The Bertz CT molecular complexity index is 1340. The number of para-hydroxylation sites is 2. The van der Waals surface area contributed by atoms with E-state index in [-0.39, 0.29) is 18.4 Å². The third-order valence-corrected chi connectivity index (χ3v) is 6.55. The van der Waals surface area contributed by atoms with E-state index in [1.807, 2.05) is 53.6 Å². The van der Waals surface area contributed by atoms with Gasteiger partial charge in [-0.15, -0.1) is 0 Å². The molecule has 0 fully saturated rings. The predicted octanol–water partition coefficient (Wildman–Crippen LogP) is 4.32. The minimum atomic E-state index is -0.203. The molecule has 0 unspecified atom stereocenters. The van der Waals surface area contributed by atoms with Gasteiger partial charge in [0.2, 0.25) is 5.91 Å². The summed E-state index contributed by atoms with van der Waals surface area (Å²) in [6, 6.07) is 19.2. The molecule has 2 amide bonds. The van der Waals surface area contributed by atoms with Gasteiger partial charge in [-0.25, -0.2) is 0 Å². The summed E-state index contributed by atoms with van der Waals surface area (Å²) in [5, 5.41) is 1.14. The molecule has 0 atom stereocenters. The average Bonchev–Trinajstić information content (AvgIpc) is 3.38. The van der Waals surface area contributed by atoms with Crippen LogP contribution in [-0.4, -0.2) is 72.0 Å². The summed E-state index contributed by atoms with van der Waals surface area (Å²) in [7, 11) is 3.25. The number of carbonyl (C=O) groups is 2. The zero-order valence-corrected chi connectivity index (χ0v) is 21.9. The van der Waals surface area contributed by atoms with E-state index < -0.39 is 0 Å². The van der Waals surface area contributed by atoms with Crippen LogP contribution in [0.4, 0.5) is 0 Å². The normalized spacial score (nSPS) is 10.9. The lowest BCUT2D eigenvalue weighted by Gasteiger charge is -2.28. The van der Waals surface area contributed by atoms with Gasteiger partial charge >= 0.3 is 0 Å². The van der Waals surface area contributed by atoms with E-state index in [1.54, 1.807) is 43.6 Å². The number of ether oxygens (including phenoxy) is 2. The molecule has 0 aliphatic carbocycles. The van der Waals surface area contributed by atoms with Crippen LogP contribution in [0.1, 0.15) is 27.9 Å². The first-order valence-corrected chi connectivity index (χ1v) is 12.7. The lowest BCUT2D eigenvalue weighted by molar-refractivity contribution is -0.132. The number of aromatic nitrogens is 2. The minimum absolute atomic E-state index is 0.0338. The fourth-order valence-corrected chi connectivity index (χ4v) is 4.52. The Hall–Kier alpha value is -4.17. The highest BCUT2D eigenvalue weighted by molar-refractivity contribution is 5.96. The van der Waals surface area contributed by atoms with Crippen molar-refractivity contribution in [2.24, 2.45) is 0 Å². The van der Waals surface area contributed by atoms with Gasteiger partial charge in [0, 0.05) is 74.0 Å². The van der Waals surface area contributed by atoms with Gasteiger partial charge in [0.05, 0.1) is 7.11 Å². The van der Waals surface area contributed by atoms with Crippen LogP contribution in [0.5, 0.6) is 5.75 Å². The van der Waals surface area contributed by atoms with E-state index >= 15 is 0 Å². The molecule has 2 heterocycles. The number of nitrogens with one attached hydrogen (secondary N) is 1. The summed E-state index contributed by atoms with van der Waals surface area (Å²) in [5.74, 6) is 0.392. The third-order valence-electron chi connectivity index (χ3n) is 6.55. The number of rotatable bonds is 13. The van der Waals surface area contributed by atoms with Crippen LogP contribution >= 0.6 is 0 Å². The number of pyridine rings is 1. The third kappa shape index (κ3) is 6.77. The molecule has 198 valence electrons. The van der Waals surface area contributed by atoms with Crippen molar-refractivity contribution >= 4 is 22.7 Å². The van der Waals surface area contributed by atoms with E-state index in [4.69, 9.17) is 9.47 Å². The Labute approximate surface area is 223 Å². The van der Waals surface area contributed by atoms with Crippen LogP contribution in [-0.2, 0) is 22.5 Å². The number of benzene rings is 2. The lowest BCUT2D eigenvalue weighted by Crippen LogP contribution is -2.44. The maximum Gasteiger partial charge on any atom is 0.254 e. The monoisotopic (exact) mass is 514 g/mol. The molecular weight excluding hydrogens is 480 g/mol. The van der Waals surface area contributed by atoms with Gasteiger partial charge in [-0.3, -0.25) is 14.6 Å². The van der Waals surface area contributed by atoms with E-state index in [1.165, 1.54) is 0 Å². The first-order valence-electron chi connectivity index (χ1n) is 12.7. The molecule has 0 aliphatic heterocycles. The number of H-pyrrole nitrogens is 1. The number of amides is 2. The second kappa shape index (κ2) is 13.4. The van der Waals surface area contributed by atoms with Crippen LogP contribution in [0.3, 0.4) is 0 Å². The molecule has 0 saturated heterocycles. The second-order valence-corrected chi connectivity index (χ2v) is 9.05. The number of aromatic amines is 1. The van der Waals surface area contributed by atoms with Gasteiger partial charge in [0.1, 0.15) is 12.3 Å². The molecule has 4 rings (SSSR count). The summed E-state index contributed by atoms with van der Waals surface area (Å²) in [6.45, 7) is 1.74. The predicted molar refractivity (Wildman–Crippen MR) is 147 cm³/mol. The van der Waals surface area contributed by atoms with E-state index in [0.717, 1.165) is 27.8 Å². The minimum Gasteiger partial charge on any atom is -0.496 e. The molecule has 38 heavy (non-hydrogen) atoms. The van der Waals surface area contributed by atoms with E-state index in [2.05, 4.69) is 16.0 Å². The van der Waals surface area contributed by atoms with Gasteiger partial charge in [0.25, 0.3) is 5.91 Å². The first kappa shape index (κ1) is 26.9. The number of fused-ring (bicyclic) bond motifs is 1. The van der Waals surface area contributed by atoms with Gasteiger partial charge in [-0.05, 0) is 42.7 Å². The summed E-state index contributed by atoms with van der Waals surface area (Å²) in [5.41, 5.74) is 3.62. The van der Waals surface area contributed by atoms with Crippen LogP contribution < -0.4 is 4.74 Å². The number of carbonyl (C=O) groups excluding carboxylic acids is 2. The van der Waals surface area contributed by atoms with Gasteiger partial charge in [-0.2, -0.15) is 0 Å². The smallest absolute Gasteiger partial charge is 0.254 e. The van der Waals surface area contributed by atoms with Crippen molar-refractivity contribution < 1.29 is 19.1 Å². The highest BCUT2D eigenvalue weighted by Gasteiger charge is 2.23. The Morgan fingerprint density at radius 1 is 0.895 bits per heavy atom. The topological polar surface area (TPSA) is 87.8 Å². The SMILES string of the molecule is COCCCN(CC(=O)N(CCc1c[nH]c2ccccc12)Cc1ccccc1OC)C(=O)c1ccncc1. The fourth-order valence-electron chi connectivity index (χ4n) is 4.52. The molecule has 4 aromatic rings. The van der Waals surface area contributed by atoms with Crippen molar-refractivity contribution in [3.05, 3.63) is 95.9 Å². The molecule has 0 radical (unpaired) electrons. The molecule has 0 saturated carbocycles. The van der Waals surface area contributed by atoms with Crippen molar-refractivity contribution in [3.63, 3.8) is 0 Å². The Kier molecular flexibility index (Phi) is 9.48. The maximum absolute atomic E-state index is 13.8. The first-order chi connectivity index (χ1) is 18.6. The van der Waals surface area contributed by atoms with Gasteiger partial charge in [-0.1, -0.05) is 36.4 Å². The lowest BCUT2D eigenvalue weighted by atomic mass is 10.1. The standard InChI is InChI=1S/C30H34N4O4/c1-37-19-7-17-34(30(36)23-12-15-31-16-13-23)22-29(35)33(21-25-8-3-6-11-28(25)38-2)18-14-24-20-32-27-10-5-4-9-26(24)27/h3-6,8-13,15-16,20,32H,7,14,17-19,21-22H2,1-2H3. The molecule has 0 spiro atoms. The molecule has 8 nitrogen and oxygen atoms in total. The number of hydrogen-bond donors (Lipinski definition) is 1. The highest BCUT2D eigenvalue weighted by atomic mass is 16.5. The van der Waals surface area contributed by atoms with E-state index in [0.29, 0.717) is 44.6 Å². The van der Waals surface area contributed by atoms with Crippen molar-refractivity contribution in [1.29, 1.82) is 0 Å². The van der Waals surface area contributed by atoms with Crippen LogP contribution in [0, 0.1) is 0 Å². The maximum atomic E-state index is 13.8. The summed E-state index contributed by atoms with van der Waals surface area (Å²) < 4.78 is 10.7. The van der Waals surface area contributed by atoms with Crippen LogP contribution in [0.25, 0.3) is 10.9 Å². The van der Waals surface area contributed by atoms with Crippen molar-refractivity contribution in [1.82, 2.24) is 19.8 Å². The molecule has 1 N–H and O–H groups in total. The van der Waals surface area contributed by atoms with Crippen LogP contribution in [0.2, 0.25) is 0 Å². The Morgan fingerprint density at radius 3 is 2.45 bits per heavy atom. The molecular formula is C30H34N4O4. The molecule has 2 aromatic carbocycles. The van der Waals surface area contributed by atoms with E-state index in [9.17, 15) is 9.59 Å². The van der Waals surface area contributed by atoms with Crippen molar-refractivity contribution in [2.75, 3.05) is 40.5 Å². The van der Waals surface area contributed by atoms with Crippen molar-refractivity contribution in [2.45, 2.75) is 19.4 Å². The number of hydrogen-bond acceptors (Lipinski definition) is 5. The summed E-state index contributed by atoms with van der Waals surface area (Å²) >= 11 is 0. The highest BCUT2D eigenvalue weighted by Crippen LogP contribution is 2.22. The summed E-state index contributed by atoms with van der Waals surface area (Å²) in [6.07, 6.45) is 6.46. The zero-order chi connectivity index (χ0) is 26.7. The van der Waals surface area contributed by atoms with Crippen molar-refractivity contribution in [3.8, 4) is 5.75 Å². The Morgan fingerprint density at radius 2 is 1.66 bits per heavy atom. The zero-order valence-electron chi connectivity index (χ0n) is 21.9. The molecule has 0 bridgehead atoms. The number of methoxy groups -OCH3 is 2. The fraction of sp³-hybridized carbons (Fsp3) is 0.300. The van der Waals surface area contributed by atoms with Gasteiger partial charge in [0.15, 0.2) is 0 Å². The quantitative estimate of drug-likeness (QED) is 0.269.